The zero-order chi connectivity index (χ0) is 15.7. The standard InChI is InChI=1S/C16H13NO5/c1-21-16(20)14-5-3-12(22-14)9-17-7-6-10-8-11(15(18)19)2-4-13(10)17/h2-8H,9H2,1H3,(H,18,19). The number of hydrogen-bond donors (Lipinski definition) is 1. The van der Waals surface area contributed by atoms with Gasteiger partial charge in [-0.3, -0.25) is 0 Å². The van der Waals surface area contributed by atoms with Crippen LogP contribution < -0.4 is 0 Å². The second-order valence-corrected chi connectivity index (χ2v) is 4.78. The first kappa shape index (κ1) is 13.9. The van der Waals surface area contributed by atoms with E-state index in [0.717, 1.165) is 10.9 Å². The summed E-state index contributed by atoms with van der Waals surface area (Å²) in [7, 11) is 1.30. The first-order valence-corrected chi connectivity index (χ1v) is 6.57. The summed E-state index contributed by atoms with van der Waals surface area (Å²) in [5.74, 6) is -0.708. The summed E-state index contributed by atoms with van der Waals surface area (Å²) < 4.78 is 11.9. The number of hydrogen-bond acceptors (Lipinski definition) is 4. The number of carbonyl (C=O) groups excluding carboxylic acids is 1. The number of methoxy groups -OCH3 is 1. The maximum atomic E-state index is 11.4. The Kier molecular flexibility index (Phi) is 3.42. The summed E-state index contributed by atoms with van der Waals surface area (Å²) in [4.78, 5) is 22.3. The maximum Gasteiger partial charge on any atom is 0.373 e. The summed E-state index contributed by atoms with van der Waals surface area (Å²) in [5.41, 5.74) is 1.14. The number of nitrogens with zero attached hydrogens (tertiary/aromatic N) is 1. The molecular formula is C16H13NO5. The molecule has 2 heterocycles. The average Bonchev–Trinajstić information content (AvgIpc) is 3.14. The Labute approximate surface area is 125 Å². The molecule has 22 heavy (non-hydrogen) atoms. The molecule has 0 unspecified atom stereocenters. The first-order chi connectivity index (χ1) is 10.6. The SMILES string of the molecule is COC(=O)c1ccc(Cn2ccc3cc(C(=O)O)ccc32)o1. The number of aromatic nitrogens is 1. The van der Waals surface area contributed by atoms with Crippen LogP contribution in [0.15, 0.2) is 47.0 Å². The van der Waals surface area contributed by atoms with Crippen molar-refractivity contribution in [2.75, 3.05) is 7.11 Å². The van der Waals surface area contributed by atoms with Gasteiger partial charge in [-0.05, 0) is 36.4 Å². The predicted octanol–water partition coefficient (Wildman–Crippen LogP) is 2.77. The molecule has 0 aliphatic rings. The molecule has 6 nitrogen and oxygen atoms in total. The fraction of sp³-hybridized carbons (Fsp3) is 0.125. The third-order valence-corrected chi connectivity index (χ3v) is 3.39. The van der Waals surface area contributed by atoms with Gasteiger partial charge in [0.1, 0.15) is 5.76 Å². The summed E-state index contributed by atoms with van der Waals surface area (Å²) >= 11 is 0. The topological polar surface area (TPSA) is 81.7 Å². The van der Waals surface area contributed by atoms with E-state index in [4.69, 9.17) is 9.52 Å². The maximum absolute atomic E-state index is 11.4. The van der Waals surface area contributed by atoms with E-state index in [0.29, 0.717) is 12.3 Å². The highest BCUT2D eigenvalue weighted by molar-refractivity contribution is 5.93. The fourth-order valence-electron chi connectivity index (χ4n) is 2.31. The van der Waals surface area contributed by atoms with Gasteiger partial charge in [0, 0.05) is 17.1 Å². The van der Waals surface area contributed by atoms with Crippen molar-refractivity contribution in [2.45, 2.75) is 6.54 Å². The smallest absolute Gasteiger partial charge is 0.373 e. The van der Waals surface area contributed by atoms with E-state index >= 15 is 0 Å². The van der Waals surface area contributed by atoms with Crippen LogP contribution >= 0.6 is 0 Å². The average molecular weight is 299 g/mol. The molecule has 6 heteroatoms. The molecule has 0 saturated heterocycles. The zero-order valence-electron chi connectivity index (χ0n) is 11.8. The first-order valence-electron chi connectivity index (χ1n) is 6.57. The van der Waals surface area contributed by atoms with Gasteiger partial charge >= 0.3 is 11.9 Å². The summed E-state index contributed by atoms with van der Waals surface area (Å²) in [5, 5.41) is 9.83. The van der Waals surface area contributed by atoms with E-state index in [-0.39, 0.29) is 11.3 Å². The van der Waals surface area contributed by atoms with Crippen molar-refractivity contribution in [3.8, 4) is 0 Å². The number of carboxylic acids is 1. The number of carboxylic acid groups (broad SMARTS) is 1. The second-order valence-electron chi connectivity index (χ2n) is 4.78. The number of rotatable bonds is 4. The lowest BCUT2D eigenvalue weighted by Gasteiger charge is -2.03. The van der Waals surface area contributed by atoms with Gasteiger partial charge in [0.2, 0.25) is 5.76 Å². The Balaban J connectivity index is 1.89. The molecule has 0 bridgehead atoms. The van der Waals surface area contributed by atoms with E-state index in [2.05, 4.69) is 4.74 Å². The normalized spacial score (nSPS) is 10.8. The van der Waals surface area contributed by atoms with Crippen LogP contribution in [0.5, 0.6) is 0 Å². The number of ether oxygens (including phenoxy) is 1. The largest absolute Gasteiger partial charge is 0.478 e. The van der Waals surface area contributed by atoms with E-state index in [1.807, 2.05) is 16.8 Å². The molecule has 112 valence electrons. The van der Waals surface area contributed by atoms with Crippen molar-refractivity contribution in [3.05, 3.63) is 59.7 Å². The van der Waals surface area contributed by atoms with E-state index in [1.165, 1.54) is 7.11 Å². The molecule has 0 amide bonds. The minimum absolute atomic E-state index is 0.155. The van der Waals surface area contributed by atoms with Gasteiger partial charge in [0.25, 0.3) is 0 Å². The lowest BCUT2D eigenvalue weighted by Crippen LogP contribution is -2.00. The molecule has 3 aromatic rings. The van der Waals surface area contributed by atoms with Crippen LogP contribution in [0.3, 0.4) is 0 Å². The number of carbonyl (C=O) groups is 2. The van der Waals surface area contributed by atoms with Crippen LogP contribution in [-0.2, 0) is 11.3 Å². The van der Waals surface area contributed by atoms with Crippen LogP contribution in [-0.4, -0.2) is 28.7 Å². The molecule has 3 rings (SSSR count). The highest BCUT2D eigenvalue weighted by atomic mass is 16.5. The molecular weight excluding hydrogens is 286 g/mol. The number of benzene rings is 1. The summed E-state index contributed by atoms with van der Waals surface area (Å²) in [6.45, 7) is 0.437. The van der Waals surface area contributed by atoms with Gasteiger partial charge in [-0.15, -0.1) is 0 Å². The lowest BCUT2D eigenvalue weighted by molar-refractivity contribution is 0.0562. The highest BCUT2D eigenvalue weighted by Crippen LogP contribution is 2.20. The lowest BCUT2D eigenvalue weighted by atomic mass is 10.1. The number of esters is 1. The molecule has 0 spiro atoms. The fourth-order valence-corrected chi connectivity index (χ4v) is 2.31. The van der Waals surface area contributed by atoms with Crippen molar-refractivity contribution >= 4 is 22.8 Å². The highest BCUT2D eigenvalue weighted by Gasteiger charge is 2.12. The molecule has 0 aliphatic heterocycles. The molecule has 0 atom stereocenters. The van der Waals surface area contributed by atoms with Crippen molar-refractivity contribution in [1.29, 1.82) is 0 Å². The second kappa shape index (κ2) is 5.40. The molecule has 0 radical (unpaired) electrons. The predicted molar refractivity (Wildman–Crippen MR) is 78.0 cm³/mol. The van der Waals surface area contributed by atoms with Gasteiger partial charge in [0.15, 0.2) is 0 Å². The number of furan rings is 1. The van der Waals surface area contributed by atoms with Gasteiger partial charge in [-0.2, -0.15) is 0 Å². The van der Waals surface area contributed by atoms with Crippen molar-refractivity contribution in [3.63, 3.8) is 0 Å². The Bertz CT molecular complexity index is 858. The Morgan fingerprint density at radius 2 is 2.05 bits per heavy atom. The van der Waals surface area contributed by atoms with E-state index in [1.54, 1.807) is 30.3 Å². The third kappa shape index (κ3) is 2.46. The Hall–Kier alpha value is -3.02. The number of aromatic carboxylic acids is 1. The van der Waals surface area contributed by atoms with Gasteiger partial charge < -0.3 is 18.8 Å². The number of fused-ring (bicyclic) bond motifs is 1. The van der Waals surface area contributed by atoms with Crippen LogP contribution in [0.2, 0.25) is 0 Å². The van der Waals surface area contributed by atoms with Crippen molar-refractivity contribution in [1.82, 2.24) is 4.57 Å². The van der Waals surface area contributed by atoms with E-state index in [9.17, 15) is 9.59 Å². The third-order valence-electron chi connectivity index (χ3n) is 3.39. The Morgan fingerprint density at radius 3 is 2.77 bits per heavy atom. The minimum atomic E-state index is -0.955. The monoisotopic (exact) mass is 299 g/mol. The van der Waals surface area contributed by atoms with Crippen molar-refractivity contribution < 1.29 is 23.8 Å². The van der Waals surface area contributed by atoms with Crippen LogP contribution in [0.25, 0.3) is 10.9 Å². The van der Waals surface area contributed by atoms with E-state index < -0.39 is 11.9 Å². The van der Waals surface area contributed by atoms with Gasteiger partial charge in [0.05, 0.1) is 19.2 Å². The minimum Gasteiger partial charge on any atom is -0.478 e. The molecule has 0 fully saturated rings. The molecule has 2 aromatic heterocycles. The van der Waals surface area contributed by atoms with Crippen LogP contribution in [0, 0.1) is 0 Å². The summed E-state index contributed by atoms with van der Waals surface area (Å²) in [6, 6.07) is 10.0. The molecule has 1 aromatic carbocycles. The van der Waals surface area contributed by atoms with Crippen molar-refractivity contribution in [2.24, 2.45) is 0 Å². The summed E-state index contributed by atoms with van der Waals surface area (Å²) in [6.07, 6.45) is 1.84. The van der Waals surface area contributed by atoms with Gasteiger partial charge in [-0.25, -0.2) is 9.59 Å². The van der Waals surface area contributed by atoms with Gasteiger partial charge in [-0.1, -0.05) is 0 Å². The molecule has 1 N–H and O–H groups in total. The van der Waals surface area contributed by atoms with Crippen LogP contribution in [0.4, 0.5) is 0 Å². The molecule has 0 aliphatic carbocycles. The Morgan fingerprint density at radius 1 is 1.23 bits per heavy atom. The zero-order valence-corrected chi connectivity index (χ0v) is 11.8. The quantitative estimate of drug-likeness (QED) is 0.749. The molecule has 0 saturated carbocycles. The van der Waals surface area contributed by atoms with Crippen LogP contribution in [0.1, 0.15) is 26.7 Å².